The minimum absolute atomic E-state index is 0.0417. The van der Waals surface area contributed by atoms with E-state index in [9.17, 15) is 4.79 Å². The first-order chi connectivity index (χ1) is 14.1. The lowest BCUT2D eigenvalue weighted by molar-refractivity contribution is -0.131. The first-order valence-electron chi connectivity index (χ1n) is 8.48. The van der Waals surface area contributed by atoms with Crippen LogP contribution in [-0.4, -0.2) is 125 Å². The molecule has 0 spiro atoms. The van der Waals surface area contributed by atoms with Crippen molar-refractivity contribution in [3.8, 4) is 0 Å². The molecular weight excluding hydrogens is 435 g/mol. The molecule has 0 unspecified atom stereocenters. The lowest BCUT2D eigenvalue weighted by atomic mass is 10.7. The molecule has 0 aliphatic carbocycles. The van der Waals surface area contributed by atoms with Crippen LogP contribution >= 0.6 is 7.82 Å². The fraction of sp³-hybridized carbons (Fsp3) is 0.800. The van der Waals surface area contributed by atoms with Crippen LogP contribution in [0.5, 0.6) is 0 Å². The number of aliphatic hydroxyl groups excluding tert-OH is 4. The van der Waals surface area contributed by atoms with Crippen LogP contribution in [0.3, 0.4) is 0 Å². The molecule has 0 saturated heterocycles. The van der Waals surface area contributed by atoms with Crippen LogP contribution in [0, 0.1) is 0 Å². The van der Waals surface area contributed by atoms with Crippen LogP contribution in [0.25, 0.3) is 0 Å². The Morgan fingerprint density at radius 3 is 0.933 bits per heavy atom. The van der Waals surface area contributed by atoms with E-state index in [4.69, 9.17) is 63.7 Å². The van der Waals surface area contributed by atoms with Gasteiger partial charge in [0.25, 0.3) is 0 Å². The van der Waals surface area contributed by atoms with Gasteiger partial charge in [0.2, 0.25) is 0 Å². The van der Waals surface area contributed by atoms with Gasteiger partial charge in [0.15, 0.2) is 0 Å². The summed E-state index contributed by atoms with van der Waals surface area (Å²) in [5.74, 6) is -0.981. The number of ether oxygens (including phenoxy) is 4. The van der Waals surface area contributed by atoms with Crippen molar-refractivity contribution in [2.45, 2.75) is 0 Å². The molecule has 0 saturated carbocycles. The summed E-state index contributed by atoms with van der Waals surface area (Å²) in [7, 11) is -4.64. The van der Waals surface area contributed by atoms with Crippen molar-refractivity contribution in [2.24, 2.45) is 0 Å². The van der Waals surface area contributed by atoms with E-state index >= 15 is 0 Å². The highest BCUT2D eigenvalue weighted by Crippen LogP contribution is 2.25. The molecule has 15 heteroatoms. The van der Waals surface area contributed by atoms with Crippen molar-refractivity contribution < 1.29 is 68.5 Å². The highest BCUT2D eigenvalue weighted by molar-refractivity contribution is 7.45. The van der Waals surface area contributed by atoms with Crippen LogP contribution in [-0.2, 0) is 28.3 Å². The van der Waals surface area contributed by atoms with Gasteiger partial charge in [-0.15, -0.1) is 0 Å². The lowest BCUT2D eigenvalue weighted by Crippen LogP contribution is -2.09. The normalized spacial score (nSPS) is 9.83. The van der Waals surface area contributed by atoms with Crippen molar-refractivity contribution in [3.63, 3.8) is 0 Å². The van der Waals surface area contributed by atoms with Crippen molar-refractivity contribution in [2.75, 3.05) is 79.3 Å². The van der Waals surface area contributed by atoms with E-state index in [1.54, 1.807) is 0 Å². The molecule has 0 bridgehead atoms. The third-order valence-electron chi connectivity index (χ3n) is 1.86. The van der Waals surface area contributed by atoms with E-state index in [2.05, 4.69) is 6.58 Å². The number of rotatable bonds is 15. The third kappa shape index (κ3) is 81.1. The topological polar surface area (TPSA) is 233 Å². The number of carboxylic acids is 1. The van der Waals surface area contributed by atoms with Crippen molar-refractivity contribution in [3.05, 3.63) is 12.7 Å². The fourth-order valence-corrected chi connectivity index (χ4v) is 0.902. The zero-order chi connectivity index (χ0) is 24.1. The minimum atomic E-state index is -4.64. The van der Waals surface area contributed by atoms with Crippen LogP contribution in [0.1, 0.15) is 0 Å². The summed E-state index contributed by atoms with van der Waals surface area (Å²) < 4.78 is 28.4. The molecule has 0 aromatic rings. The van der Waals surface area contributed by atoms with Crippen LogP contribution in [0.4, 0.5) is 0 Å². The number of phosphoric acid groups is 1. The SMILES string of the molecule is C=CC(=O)O.O=P(O)(O)O.OCCOCCOCCO.OCCOCCOCCO. The standard InChI is InChI=1S/2C6H14O4.C3H4O2.H3O4P/c2*7-1-3-9-5-6-10-4-2-8;1-2-3(4)5;1-5(2,3)4/h2*7-8H,1-6H2;2H,1H2,(H,4,5);(H3,1,2,3,4). The van der Waals surface area contributed by atoms with Gasteiger partial charge >= 0.3 is 13.8 Å². The Balaban J connectivity index is -0.000000159. The van der Waals surface area contributed by atoms with Gasteiger partial charge in [-0.2, -0.15) is 0 Å². The van der Waals surface area contributed by atoms with Gasteiger partial charge in [-0.3, -0.25) is 0 Å². The summed E-state index contributed by atoms with van der Waals surface area (Å²) >= 11 is 0. The Bertz CT molecular complexity index is 336. The summed E-state index contributed by atoms with van der Waals surface area (Å²) in [5.41, 5.74) is 0. The van der Waals surface area contributed by atoms with Gasteiger partial charge in [0.05, 0.1) is 79.3 Å². The molecule has 0 rings (SSSR count). The predicted octanol–water partition coefficient (Wildman–Crippen LogP) is -2.66. The van der Waals surface area contributed by atoms with E-state index in [1.807, 2.05) is 0 Å². The van der Waals surface area contributed by atoms with E-state index in [0.29, 0.717) is 52.9 Å². The largest absolute Gasteiger partial charge is 0.478 e. The van der Waals surface area contributed by atoms with Crippen molar-refractivity contribution in [1.29, 1.82) is 0 Å². The van der Waals surface area contributed by atoms with Crippen LogP contribution < -0.4 is 0 Å². The summed E-state index contributed by atoms with van der Waals surface area (Å²) in [6.07, 6.45) is 0.833. The van der Waals surface area contributed by atoms with E-state index < -0.39 is 13.8 Å². The molecule has 0 aromatic heterocycles. The maximum Gasteiger partial charge on any atom is 0.466 e. The quantitative estimate of drug-likeness (QED) is 0.0693. The van der Waals surface area contributed by atoms with E-state index in [1.165, 1.54) is 0 Å². The average molecular weight is 470 g/mol. The second-order valence-corrected chi connectivity index (χ2v) is 5.43. The highest BCUT2D eigenvalue weighted by atomic mass is 31.2. The van der Waals surface area contributed by atoms with Gasteiger partial charge in [-0.25, -0.2) is 9.36 Å². The van der Waals surface area contributed by atoms with Gasteiger partial charge in [-0.05, 0) is 0 Å². The minimum Gasteiger partial charge on any atom is -0.478 e. The average Bonchev–Trinajstić information content (AvgIpc) is 2.67. The molecule has 0 aliphatic rings. The van der Waals surface area contributed by atoms with E-state index in [0.717, 1.165) is 6.08 Å². The molecule has 0 atom stereocenters. The maximum absolute atomic E-state index is 9.25. The molecule has 0 aromatic carbocycles. The molecule has 0 heterocycles. The first-order valence-corrected chi connectivity index (χ1v) is 10.0. The summed E-state index contributed by atoms with van der Waals surface area (Å²) in [6.45, 7) is 6.42. The van der Waals surface area contributed by atoms with Crippen LogP contribution in [0.15, 0.2) is 12.7 Å². The Hall–Kier alpha value is -1.00. The summed E-state index contributed by atoms with van der Waals surface area (Å²) in [5, 5.41) is 40.7. The van der Waals surface area contributed by atoms with E-state index in [-0.39, 0.29) is 26.4 Å². The molecular formula is C15H35O14P. The van der Waals surface area contributed by atoms with Gasteiger partial charge < -0.3 is 59.2 Å². The number of aliphatic hydroxyl groups is 4. The molecule has 0 fully saturated rings. The first kappa shape index (κ1) is 36.4. The van der Waals surface area contributed by atoms with Gasteiger partial charge in [-0.1, -0.05) is 6.58 Å². The molecule has 0 amide bonds. The Labute approximate surface area is 175 Å². The number of carboxylic acid groups (broad SMARTS) is 1. The van der Waals surface area contributed by atoms with Crippen LogP contribution in [0.2, 0.25) is 0 Å². The number of aliphatic carboxylic acids is 1. The number of hydrogen-bond acceptors (Lipinski definition) is 10. The summed E-state index contributed by atoms with van der Waals surface area (Å²) in [4.78, 5) is 30.8. The zero-order valence-corrected chi connectivity index (χ0v) is 17.6. The summed E-state index contributed by atoms with van der Waals surface area (Å²) in [6, 6.07) is 0. The molecule has 0 aliphatic heterocycles. The third-order valence-corrected chi connectivity index (χ3v) is 1.86. The lowest BCUT2D eigenvalue weighted by Gasteiger charge is -2.01. The number of hydrogen-bond donors (Lipinski definition) is 8. The Morgan fingerprint density at radius 2 is 0.833 bits per heavy atom. The predicted molar refractivity (Wildman–Crippen MR) is 104 cm³/mol. The molecule has 8 N–H and O–H groups in total. The molecule has 14 nitrogen and oxygen atoms in total. The van der Waals surface area contributed by atoms with Crippen molar-refractivity contribution in [1.82, 2.24) is 0 Å². The monoisotopic (exact) mass is 470 g/mol. The van der Waals surface area contributed by atoms with Crippen molar-refractivity contribution >= 4 is 13.8 Å². The Morgan fingerprint density at radius 1 is 0.667 bits per heavy atom. The molecule has 30 heavy (non-hydrogen) atoms. The fourth-order valence-electron chi connectivity index (χ4n) is 0.902. The zero-order valence-electron chi connectivity index (χ0n) is 16.7. The van der Waals surface area contributed by atoms with Gasteiger partial charge in [0, 0.05) is 6.08 Å². The Kier molecular flexibility index (Phi) is 39.6. The second-order valence-electron chi connectivity index (χ2n) is 4.40. The maximum atomic E-state index is 9.25. The molecule has 0 radical (unpaired) electrons. The second kappa shape index (κ2) is 32.7. The molecule has 184 valence electrons. The number of carbonyl (C=O) groups is 1. The highest BCUT2D eigenvalue weighted by Gasteiger charge is 2.00. The smallest absolute Gasteiger partial charge is 0.466 e. The van der Waals surface area contributed by atoms with Gasteiger partial charge in [0.1, 0.15) is 0 Å².